The molecule has 166 valence electrons. The Kier molecular flexibility index (Phi) is 5.87. The summed E-state index contributed by atoms with van der Waals surface area (Å²) in [6.07, 6.45) is 13.8. The predicted molar refractivity (Wildman–Crippen MR) is 124 cm³/mol. The number of likely N-dealkylation sites (tertiary alicyclic amines) is 1. The molecule has 5 rings (SSSR count). The van der Waals surface area contributed by atoms with Crippen molar-refractivity contribution < 1.29 is 0 Å². The third-order valence-corrected chi connectivity index (χ3v) is 7.29. The molecule has 3 aliphatic heterocycles. The summed E-state index contributed by atoms with van der Waals surface area (Å²) in [6, 6.07) is 11.3. The molecule has 31 heavy (non-hydrogen) atoms. The number of para-hydroxylation sites is 1. The van der Waals surface area contributed by atoms with Crippen LogP contribution in [0.1, 0.15) is 45.1 Å². The Morgan fingerprint density at radius 3 is 2.68 bits per heavy atom. The SMILES string of the molecule is CC(C)N1CCCC2(CCCN(N3C=CCN3Cc3ccccc3-n3cccn3)C2)C1. The van der Waals surface area contributed by atoms with E-state index in [9.17, 15) is 0 Å². The predicted octanol–water partition coefficient (Wildman–Crippen LogP) is 3.92. The van der Waals surface area contributed by atoms with Crippen molar-refractivity contribution in [3.8, 4) is 5.69 Å². The first kappa shape index (κ1) is 20.7. The highest BCUT2D eigenvalue weighted by molar-refractivity contribution is 5.40. The fourth-order valence-corrected chi connectivity index (χ4v) is 5.70. The minimum atomic E-state index is 0.440. The number of nitrogens with zero attached hydrogens (tertiary/aromatic N) is 6. The molecule has 0 aliphatic carbocycles. The molecule has 4 heterocycles. The molecule has 0 bridgehead atoms. The van der Waals surface area contributed by atoms with Gasteiger partial charge in [0.1, 0.15) is 0 Å². The molecule has 2 aromatic rings. The summed E-state index contributed by atoms with van der Waals surface area (Å²) in [6.45, 7) is 11.4. The Bertz CT molecular complexity index is 887. The average Bonchev–Trinajstić information content (AvgIpc) is 3.47. The van der Waals surface area contributed by atoms with E-state index < -0.39 is 0 Å². The first-order valence-electron chi connectivity index (χ1n) is 11.9. The van der Waals surface area contributed by atoms with Crippen molar-refractivity contribution in [3.05, 3.63) is 60.6 Å². The number of piperidine rings is 2. The van der Waals surface area contributed by atoms with Gasteiger partial charge in [-0.15, -0.1) is 0 Å². The molecular formula is C25H36N6. The van der Waals surface area contributed by atoms with Crippen molar-refractivity contribution in [1.82, 2.24) is 29.8 Å². The third-order valence-electron chi connectivity index (χ3n) is 7.29. The van der Waals surface area contributed by atoms with E-state index in [0.29, 0.717) is 11.5 Å². The van der Waals surface area contributed by atoms with Gasteiger partial charge in [0, 0.05) is 57.4 Å². The lowest BCUT2D eigenvalue weighted by atomic mass is 9.74. The normalized spacial score (nSPS) is 25.8. The van der Waals surface area contributed by atoms with Crippen LogP contribution in [-0.4, -0.2) is 68.6 Å². The molecule has 3 aliphatic rings. The van der Waals surface area contributed by atoms with Gasteiger partial charge in [-0.05, 0) is 75.3 Å². The van der Waals surface area contributed by atoms with Gasteiger partial charge in [0.15, 0.2) is 0 Å². The molecule has 2 saturated heterocycles. The van der Waals surface area contributed by atoms with Crippen LogP contribution in [0.5, 0.6) is 0 Å². The van der Waals surface area contributed by atoms with Gasteiger partial charge in [0.25, 0.3) is 0 Å². The van der Waals surface area contributed by atoms with E-state index in [1.807, 2.05) is 23.1 Å². The molecule has 1 unspecified atom stereocenters. The van der Waals surface area contributed by atoms with E-state index in [4.69, 9.17) is 0 Å². The number of rotatable bonds is 5. The summed E-state index contributed by atoms with van der Waals surface area (Å²) in [5, 5.41) is 11.9. The topological polar surface area (TPSA) is 30.8 Å². The Morgan fingerprint density at radius 2 is 1.87 bits per heavy atom. The highest BCUT2D eigenvalue weighted by atomic mass is 15.9. The summed E-state index contributed by atoms with van der Waals surface area (Å²) in [5.41, 5.74) is 2.90. The number of hydrazine groups is 2. The van der Waals surface area contributed by atoms with Crippen LogP contribution >= 0.6 is 0 Å². The largest absolute Gasteiger partial charge is 0.300 e. The summed E-state index contributed by atoms with van der Waals surface area (Å²) in [5.74, 6) is 0. The van der Waals surface area contributed by atoms with E-state index in [-0.39, 0.29) is 0 Å². The molecule has 0 saturated carbocycles. The van der Waals surface area contributed by atoms with Gasteiger partial charge in [0.2, 0.25) is 0 Å². The number of benzene rings is 1. The molecule has 0 amide bonds. The molecule has 1 aromatic carbocycles. The zero-order valence-electron chi connectivity index (χ0n) is 19.0. The highest BCUT2D eigenvalue weighted by Crippen LogP contribution is 2.40. The van der Waals surface area contributed by atoms with Crippen LogP contribution in [0, 0.1) is 5.41 Å². The summed E-state index contributed by atoms with van der Waals surface area (Å²) < 4.78 is 1.97. The van der Waals surface area contributed by atoms with Gasteiger partial charge in [-0.25, -0.2) is 14.8 Å². The van der Waals surface area contributed by atoms with Crippen molar-refractivity contribution >= 4 is 0 Å². The average molecular weight is 421 g/mol. The fourth-order valence-electron chi connectivity index (χ4n) is 5.70. The van der Waals surface area contributed by atoms with Crippen molar-refractivity contribution in [2.75, 3.05) is 32.7 Å². The van der Waals surface area contributed by atoms with Crippen molar-refractivity contribution in [2.24, 2.45) is 5.41 Å². The number of aromatic nitrogens is 2. The van der Waals surface area contributed by atoms with Gasteiger partial charge < -0.3 is 4.90 Å². The minimum Gasteiger partial charge on any atom is -0.300 e. The van der Waals surface area contributed by atoms with Gasteiger partial charge in [-0.3, -0.25) is 0 Å². The Hall–Kier alpha value is -2.15. The Morgan fingerprint density at radius 1 is 1.03 bits per heavy atom. The Labute approximate surface area is 186 Å². The van der Waals surface area contributed by atoms with Crippen LogP contribution < -0.4 is 0 Å². The lowest BCUT2D eigenvalue weighted by molar-refractivity contribution is -0.172. The molecule has 1 aromatic heterocycles. The molecule has 6 nitrogen and oxygen atoms in total. The quantitative estimate of drug-likeness (QED) is 0.732. The van der Waals surface area contributed by atoms with Gasteiger partial charge >= 0.3 is 0 Å². The maximum Gasteiger partial charge on any atom is 0.0691 e. The van der Waals surface area contributed by atoms with Crippen LogP contribution in [0.4, 0.5) is 0 Å². The van der Waals surface area contributed by atoms with Gasteiger partial charge in [-0.2, -0.15) is 10.1 Å². The van der Waals surface area contributed by atoms with E-state index >= 15 is 0 Å². The first-order valence-corrected chi connectivity index (χ1v) is 11.9. The summed E-state index contributed by atoms with van der Waals surface area (Å²) in [7, 11) is 0. The molecule has 2 fully saturated rings. The summed E-state index contributed by atoms with van der Waals surface area (Å²) >= 11 is 0. The van der Waals surface area contributed by atoms with Crippen LogP contribution in [0.3, 0.4) is 0 Å². The fraction of sp³-hybridized carbons (Fsp3) is 0.560. The van der Waals surface area contributed by atoms with Gasteiger partial charge in [-0.1, -0.05) is 18.2 Å². The molecule has 0 radical (unpaired) electrons. The lowest BCUT2D eigenvalue weighted by Gasteiger charge is -2.52. The van der Waals surface area contributed by atoms with E-state index in [2.05, 4.69) is 75.5 Å². The maximum absolute atomic E-state index is 4.46. The summed E-state index contributed by atoms with van der Waals surface area (Å²) in [4.78, 5) is 2.70. The maximum atomic E-state index is 4.46. The molecule has 1 atom stereocenters. The van der Waals surface area contributed by atoms with Crippen molar-refractivity contribution in [1.29, 1.82) is 0 Å². The molecular weight excluding hydrogens is 384 g/mol. The van der Waals surface area contributed by atoms with Crippen molar-refractivity contribution in [3.63, 3.8) is 0 Å². The van der Waals surface area contributed by atoms with E-state index in [0.717, 1.165) is 31.9 Å². The van der Waals surface area contributed by atoms with Crippen LogP contribution in [0.15, 0.2) is 55.0 Å². The molecule has 6 heteroatoms. The Balaban J connectivity index is 1.31. The van der Waals surface area contributed by atoms with Crippen LogP contribution in [-0.2, 0) is 6.54 Å². The molecule has 0 N–H and O–H groups in total. The number of hydrogen-bond donors (Lipinski definition) is 0. The van der Waals surface area contributed by atoms with Crippen LogP contribution in [0.2, 0.25) is 0 Å². The standard InChI is InChI=1S/C25H36N6/c1-22(2)27-14-5-11-25(20-27)12-6-15-29(21-25)31-18-8-16-28(31)19-23-9-3-4-10-24(23)30-17-7-13-26-30/h3-4,7-10,13,17-18,22H,5-6,11-12,14-16,19-21H2,1-2H3. The molecule has 1 spiro atoms. The second-order valence-corrected chi connectivity index (χ2v) is 9.79. The smallest absolute Gasteiger partial charge is 0.0691 e. The minimum absolute atomic E-state index is 0.440. The first-order chi connectivity index (χ1) is 15.1. The van der Waals surface area contributed by atoms with E-state index in [1.165, 1.54) is 44.3 Å². The lowest BCUT2D eigenvalue weighted by Crippen LogP contribution is -2.58. The van der Waals surface area contributed by atoms with Crippen molar-refractivity contribution in [2.45, 2.75) is 52.1 Å². The third kappa shape index (κ3) is 4.29. The van der Waals surface area contributed by atoms with Crippen LogP contribution in [0.25, 0.3) is 5.69 Å². The monoisotopic (exact) mass is 420 g/mol. The number of hydrogen-bond acceptors (Lipinski definition) is 5. The van der Waals surface area contributed by atoms with E-state index in [1.54, 1.807) is 0 Å². The zero-order chi connectivity index (χ0) is 21.3. The zero-order valence-corrected chi connectivity index (χ0v) is 19.0. The second-order valence-electron chi connectivity index (χ2n) is 9.79. The second kappa shape index (κ2) is 8.77. The van der Waals surface area contributed by atoms with Gasteiger partial charge in [0.05, 0.1) is 5.69 Å². The highest BCUT2D eigenvalue weighted by Gasteiger charge is 2.41.